The lowest BCUT2D eigenvalue weighted by molar-refractivity contribution is 0.0462. The van der Waals surface area contributed by atoms with E-state index in [1.807, 2.05) is 6.92 Å². The summed E-state index contributed by atoms with van der Waals surface area (Å²) in [4.78, 5) is 26.3. The molecule has 2 aliphatic rings. The molecule has 2 amide bonds. The van der Waals surface area contributed by atoms with Crippen molar-refractivity contribution in [3.63, 3.8) is 0 Å². The number of nitrogens with zero attached hydrogens (tertiary/aromatic N) is 1. The van der Waals surface area contributed by atoms with Crippen molar-refractivity contribution in [2.45, 2.75) is 38.1 Å². The zero-order valence-electron chi connectivity index (χ0n) is 10.4. The van der Waals surface area contributed by atoms with E-state index in [1.165, 1.54) is 4.90 Å². The van der Waals surface area contributed by atoms with Crippen molar-refractivity contribution in [3.05, 3.63) is 29.3 Å². The second-order valence-electron chi connectivity index (χ2n) is 5.42. The minimum atomic E-state index is -0.334. The van der Waals surface area contributed by atoms with Crippen LogP contribution in [0.25, 0.3) is 0 Å². The summed E-state index contributed by atoms with van der Waals surface area (Å²) in [6, 6.07) is 5.08. The normalized spacial score (nSPS) is 21.5. The number of anilines is 1. The molecule has 0 saturated heterocycles. The van der Waals surface area contributed by atoms with E-state index in [0.29, 0.717) is 16.8 Å². The van der Waals surface area contributed by atoms with E-state index >= 15 is 0 Å². The Labute approximate surface area is 106 Å². The lowest BCUT2D eigenvalue weighted by Gasteiger charge is -2.33. The first-order valence-corrected chi connectivity index (χ1v) is 6.32. The number of nitrogen functional groups attached to an aromatic ring is 1. The first kappa shape index (κ1) is 11.3. The maximum Gasteiger partial charge on any atom is 0.264 e. The van der Waals surface area contributed by atoms with Crippen molar-refractivity contribution in [1.82, 2.24) is 4.90 Å². The monoisotopic (exact) mass is 244 g/mol. The molecule has 0 spiro atoms. The van der Waals surface area contributed by atoms with Gasteiger partial charge in [-0.15, -0.1) is 0 Å². The maximum atomic E-state index is 12.4. The molecule has 2 N–H and O–H groups in total. The van der Waals surface area contributed by atoms with Crippen LogP contribution in [0.4, 0.5) is 5.69 Å². The minimum Gasteiger partial charge on any atom is -0.398 e. The van der Waals surface area contributed by atoms with E-state index in [1.54, 1.807) is 18.2 Å². The molecule has 1 aromatic carbocycles. The summed E-state index contributed by atoms with van der Waals surface area (Å²) in [5, 5.41) is 0. The number of carbonyl (C=O) groups excluding carboxylic acids is 2. The van der Waals surface area contributed by atoms with Crippen LogP contribution in [-0.4, -0.2) is 22.3 Å². The summed E-state index contributed by atoms with van der Waals surface area (Å²) in [5.74, 6) is -0.413. The van der Waals surface area contributed by atoms with E-state index < -0.39 is 0 Å². The van der Waals surface area contributed by atoms with Gasteiger partial charge in [-0.05, 0) is 31.9 Å². The van der Waals surface area contributed by atoms with Gasteiger partial charge in [-0.2, -0.15) is 0 Å². The highest BCUT2D eigenvalue weighted by atomic mass is 16.2. The molecule has 1 aliphatic carbocycles. The number of nitrogens with two attached hydrogens (primary N) is 1. The van der Waals surface area contributed by atoms with Gasteiger partial charge >= 0.3 is 0 Å². The molecule has 1 saturated carbocycles. The van der Waals surface area contributed by atoms with E-state index in [4.69, 9.17) is 5.73 Å². The van der Waals surface area contributed by atoms with Crippen molar-refractivity contribution >= 4 is 17.5 Å². The van der Waals surface area contributed by atoms with Gasteiger partial charge in [0.2, 0.25) is 0 Å². The third kappa shape index (κ3) is 1.32. The van der Waals surface area contributed by atoms with Crippen LogP contribution in [0.1, 0.15) is 53.3 Å². The van der Waals surface area contributed by atoms with Crippen molar-refractivity contribution in [3.8, 4) is 0 Å². The van der Waals surface area contributed by atoms with Gasteiger partial charge in [0.1, 0.15) is 0 Å². The molecule has 0 unspecified atom stereocenters. The van der Waals surface area contributed by atoms with Crippen molar-refractivity contribution in [1.29, 1.82) is 0 Å². The van der Waals surface area contributed by atoms with Crippen LogP contribution in [0.2, 0.25) is 0 Å². The van der Waals surface area contributed by atoms with Crippen LogP contribution in [-0.2, 0) is 0 Å². The molecule has 4 heteroatoms. The number of benzene rings is 1. The Morgan fingerprint density at radius 3 is 2.44 bits per heavy atom. The van der Waals surface area contributed by atoms with Gasteiger partial charge in [0.15, 0.2) is 0 Å². The fraction of sp³-hybridized carbons (Fsp3) is 0.429. The van der Waals surface area contributed by atoms with Crippen molar-refractivity contribution in [2.75, 3.05) is 5.73 Å². The molecule has 0 aromatic heterocycles. The summed E-state index contributed by atoms with van der Waals surface area (Å²) >= 11 is 0. The van der Waals surface area contributed by atoms with Crippen LogP contribution < -0.4 is 5.73 Å². The van der Waals surface area contributed by atoms with Gasteiger partial charge in [0.05, 0.1) is 11.1 Å². The summed E-state index contributed by atoms with van der Waals surface area (Å²) in [5.41, 5.74) is 6.73. The molecule has 0 radical (unpaired) electrons. The molecule has 4 nitrogen and oxygen atoms in total. The summed E-state index contributed by atoms with van der Waals surface area (Å²) in [7, 11) is 0. The predicted molar refractivity (Wildman–Crippen MR) is 68.2 cm³/mol. The number of imide groups is 1. The van der Waals surface area contributed by atoms with Crippen LogP contribution in [0, 0.1) is 0 Å². The quantitative estimate of drug-likeness (QED) is 0.608. The standard InChI is InChI=1S/C14H16N2O2/c1-14(7-2-3-8-14)16-12(17)9-5-4-6-10(15)11(9)13(16)18/h4-6H,2-3,7-8,15H2,1H3. The molecule has 1 aliphatic heterocycles. The van der Waals surface area contributed by atoms with E-state index in [9.17, 15) is 9.59 Å². The minimum absolute atomic E-state index is 0.188. The van der Waals surface area contributed by atoms with Crippen LogP contribution in [0.5, 0.6) is 0 Å². The number of rotatable bonds is 1. The molecule has 1 heterocycles. The fourth-order valence-electron chi connectivity index (χ4n) is 3.16. The Balaban J connectivity index is 2.10. The second kappa shape index (κ2) is 3.57. The third-order valence-corrected chi connectivity index (χ3v) is 4.17. The zero-order chi connectivity index (χ0) is 12.9. The highest BCUT2D eigenvalue weighted by Crippen LogP contribution is 2.40. The van der Waals surface area contributed by atoms with E-state index in [-0.39, 0.29) is 17.4 Å². The maximum absolute atomic E-state index is 12.4. The second-order valence-corrected chi connectivity index (χ2v) is 5.42. The van der Waals surface area contributed by atoms with Crippen LogP contribution in [0.3, 0.4) is 0 Å². The zero-order valence-corrected chi connectivity index (χ0v) is 10.4. The Morgan fingerprint density at radius 2 is 1.83 bits per heavy atom. The molecule has 18 heavy (non-hydrogen) atoms. The Bertz CT molecular complexity index is 545. The van der Waals surface area contributed by atoms with Gasteiger partial charge in [-0.25, -0.2) is 0 Å². The SMILES string of the molecule is CC1(N2C(=O)c3cccc(N)c3C2=O)CCCC1. The lowest BCUT2D eigenvalue weighted by atomic mass is 9.98. The highest BCUT2D eigenvalue weighted by Gasteiger charge is 2.48. The fourth-order valence-corrected chi connectivity index (χ4v) is 3.16. The van der Waals surface area contributed by atoms with Gasteiger partial charge < -0.3 is 5.73 Å². The topological polar surface area (TPSA) is 63.4 Å². The first-order valence-electron chi connectivity index (χ1n) is 6.32. The molecule has 3 rings (SSSR count). The molecular weight excluding hydrogens is 228 g/mol. The van der Waals surface area contributed by atoms with Crippen LogP contribution >= 0.6 is 0 Å². The number of hydrogen-bond donors (Lipinski definition) is 1. The van der Waals surface area contributed by atoms with Crippen molar-refractivity contribution < 1.29 is 9.59 Å². The highest BCUT2D eigenvalue weighted by molar-refractivity contribution is 6.24. The molecule has 1 fully saturated rings. The Morgan fingerprint density at radius 1 is 1.17 bits per heavy atom. The summed E-state index contributed by atoms with van der Waals surface area (Å²) in [6.07, 6.45) is 3.91. The molecule has 1 aromatic rings. The smallest absolute Gasteiger partial charge is 0.264 e. The summed E-state index contributed by atoms with van der Waals surface area (Å²) in [6.45, 7) is 2.00. The van der Waals surface area contributed by atoms with Gasteiger partial charge in [0, 0.05) is 11.2 Å². The summed E-state index contributed by atoms with van der Waals surface area (Å²) < 4.78 is 0. The van der Waals surface area contributed by atoms with Gasteiger partial charge in [0.25, 0.3) is 11.8 Å². The average Bonchev–Trinajstić information content (AvgIpc) is 2.85. The predicted octanol–water partition coefficient (Wildman–Crippen LogP) is 2.20. The van der Waals surface area contributed by atoms with E-state index in [0.717, 1.165) is 25.7 Å². The van der Waals surface area contributed by atoms with Gasteiger partial charge in [-0.1, -0.05) is 18.9 Å². The molecule has 94 valence electrons. The number of hydrogen-bond acceptors (Lipinski definition) is 3. The first-order chi connectivity index (χ1) is 8.54. The Hall–Kier alpha value is -1.84. The van der Waals surface area contributed by atoms with Gasteiger partial charge in [-0.3, -0.25) is 14.5 Å². The third-order valence-electron chi connectivity index (χ3n) is 4.17. The number of fused-ring (bicyclic) bond motifs is 1. The van der Waals surface area contributed by atoms with E-state index in [2.05, 4.69) is 0 Å². The molecule has 0 atom stereocenters. The number of amides is 2. The number of carbonyl (C=O) groups is 2. The average molecular weight is 244 g/mol. The van der Waals surface area contributed by atoms with Crippen LogP contribution in [0.15, 0.2) is 18.2 Å². The molecular formula is C14H16N2O2. The lowest BCUT2D eigenvalue weighted by Crippen LogP contribution is -2.47. The largest absolute Gasteiger partial charge is 0.398 e. The molecule has 0 bridgehead atoms. The van der Waals surface area contributed by atoms with Crippen molar-refractivity contribution in [2.24, 2.45) is 0 Å². The Kier molecular flexibility index (Phi) is 2.24.